The third-order valence-electron chi connectivity index (χ3n) is 2.66. The van der Waals surface area contributed by atoms with Crippen molar-refractivity contribution in [2.24, 2.45) is 0 Å². The summed E-state index contributed by atoms with van der Waals surface area (Å²) in [5.41, 5.74) is -0.345. The predicted molar refractivity (Wildman–Crippen MR) is 82.0 cm³/mol. The zero-order valence-corrected chi connectivity index (χ0v) is 12.9. The van der Waals surface area contributed by atoms with Gasteiger partial charge in [0.1, 0.15) is 5.82 Å². The Kier molecular flexibility index (Phi) is 4.27. The Morgan fingerprint density at radius 2 is 2.00 bits per heavy atom. The maximum atomic E-state index is 13.6. The first kappa shape index (κ1) is 15.4. The molecule has 0 bridgehead atoms. The first-order valence-electron chi connectivity index (χ1n) is 6.53. The van der Waals surface area contributed by atoms with E-state index >= 15 is 0 Å². The Balaban J connectivity index is 2.03. The van der Waals surface area contributed by atoms with Crippen molar-refractivity contribution in [3.63, 3.8) is 0 Å². The van der Waals surface area contributed by atoms with Crippen molar-refractivity contribution in [2.75, 3.05) is 6.54 Å². The fourth-order valence-electron chi connectivity index (χ4n) is 1.85. The molecule has 2 N–H and O–H groups in total. The van der Waals surface area contributed by atoms with Crippen LogP contribution in [0.4, 0.5) is 4.39 Å². The van der Waals surface area contributed by atoms with E-state index in [-0.39, 0.29) is 29.7 Å². The minimum absolute atomic E-state index is 0.104. The minimum Gasteiger partial charge on any atom is -0.350 e. The van der Waals surface area contributed by atoms with Gasteiger partial charge in [0.05, 0.1) is 11.4 Å². The summed E-state index contributed by atoms with van der Waals surface area (Å²) in [6.07, 6.45) is 0. The summed E-state index contributed by atoms with van der Waals surface area (Å²) in [6, 6.07) is 6.22. The van der Waals surface area contributed by atoms with Gasteiger partial charge >= 0.3 is 0 Å². The summed E-state index contributed by atoms with van der Waals surface area (Å²) >= 11 is 1.20. The van der Waals surface area contributed by atoms with Gasteiger partial charge < -0.3 is 10.6 Å². The lowest BCUT2D eigenvalue weighted by atomic mass is 10.1. The molecule has 0 aliphatic heterocycles. The van der Waals surface area contributed by atoms with Crippen LogP contribution in [0.25, 0.3) is 10.1 Å². The van der Waals surface area contributed by atoms with E-state index in [9.17, 15) is 14.0 Å². The standard InChI is InChI=1S/C15H17FN2O2S/c1-15(2,3)18-13(19)8-17-14(20)12-7-9-10(16)5-4-6-11(9)21-12/h4-7H,8H2,1-3H3,(H,17,20)(H,18,19). The van der Waals surface area contributed by atoms with Crippen molar-refractivity contribution >= 4 is 33.2 Å². The highest BCUT2D eigenvalue weighted by Gasteiger charge is 2.16. The lowest BCUT2D eigenvalue weighted by Gasteiger charge is -2.20. The number of carbonyl (C=O) groups excluding carboxylic acids is 2. The highest BCUT2D eigenvalue weighted by atomic mass is 32.1. The molecule has 2 rings (SSSR count). The van der Waals surface area contributed by atoms with E-state index in [0.29, 0.717) is 15.0 Å². The molecule has 0 saturated heterocycles. The van der Waals surface area contributed by atoms with Gasteiger partial charge in [-0.3, -0.25) is 9.59 Å². The van der Waals surface area contributed by atoms with Crippen LogP contribution in [0.3, 0.4) is 0 Å². The fourth-order valence-corrected chi connectivity index (χ4v) is 2.84. The molecule has 21 heavy (non-hydrogen) atoms. The Hall–Kier alpha value is -1.95. The summed E-state index contributed by atoms with van der Waals surface area (Å²) in [5.74, 6) is -0.990. The van der Waals surface area contributed by atoms with Gasteiger partial charge in [-0.05, 0) is 39.0 Å². The van der Waals surface area contributed by atoms with E-state index < -0.39 is 0 Å². The maximum absolute atomic E-state index is 13.6. The molecule has 0 aliphatic carbocycles. The number of nitrogens with one attached hydrogen (secondary N) is 2. The van der Waals surface area contributed by atoms with Crippen molar-refractivity contribution in [2.45, 2.75) is 26.3 Å². The fraction of sp³-hybridized carbons (Fsp3) is 0.333. The monoisotopic (exact) mass is 308 g/mol. The van der Waals surface area contributed by atoms with Crippen LogP contribution >= 0.6 is 11.3 Å². The number of carbonyl (C=O) groups is 2. The largest absolute Gasteiger partial charge is 0.350 e. The third-order valence-corrected chi connectivity index (χ3v) is 3.76. The van der Waals surface area contributed by atoms with Gasteiger partial charge in [0.15, 0.2) is 0 Å². The predicted octanol–water partition coefficient (Wildman–Crippen LogP) is 2.68. The van der Waals surface area contributed by atoms with E-state index in [1.54, 1.807) is 12.1 Å². The number of benzene rings is 1. The number of halogens is 1. The molecule has 2 aromatic rings. The Morgan fingerprint density at radius 3 is 2.62 bits per heavy atom. The Bertz CT molecular complexity index is 689. The van der Waals surface area contributed by atoms with Gasteiger partial charge in [-0.2, -0.15) is 0 Å². The van der Waals surface area contributed by atoms with Gasteiger partial charge in [-0.1, -0.05) is 6.07 Å². The normalized spacial score (nSPS) is 11.4. The molecule has 112 valence electrons. The Morgan fingerprint density at radius 1 is 1.29 bits per heavy atom. The van der Waals surface area contributed by atoms with Crippen LogP contribution in [0.2, 0.25) is 0 Å². The van der Waals surface area contributed by atoms with Crippen molar-refractivity contribution < 1.29 is 14.0 Å². The molecule has 2 amide bonds. The highest BCUT2D eigenvalue weighted by Crippen LogP contribution is 2.27. The summed E-state index contributed by atoms with van der Waals surface area (Å²) in [5, 5.41) is 5.71. The van der Waals surface area contributed by atoms with Crippen LogP contribution in [0.5, 0.6) is 0 Å². The summed E-state index contributed by atoms with van der Waals surface area (Å²) < 4.78 is 14.3. The SMILES string of the molecule is CC(C)(C)NC(=O)CNC(=O)c1cc2c(F)cccc2s1. The molecule has 1 heterocycles. The molecule has 0 spiro atoms. The summed E-state index contributed by atoms with van der Waals surface area (Å²) in [6.45, 7) is 5.48. The van der Waals surface area contributed by atoms with Crippen molar-refractivity contribution in [1.82, 2.24) is 10.6 Å². The number of rotatable bonds is 3. The van der Waals surface area contributed by atoms with Crippen LogP contribution in [-0.2, 0) is 4.79 Å². The first-order chi connectivity index (χ1) is 9.76. The van der Waals surface area contributed by atoms with Crippen molar-refractivity contribution in [3.05, 3.63) is 35.0 Å². The summed E-state index contributed by atoms with van der Waals surface area (Å²) in [7, 11) is 0. The van der Waals surface area contributed by atoms with E-state index in [2.05, 4.69) is 10.6 Å². The molecule has 1 aromatic carbocycles. The van der Waals surface area contributed by atoms with E-state index in [1.807, 2.05) is 20.8 Å². The second-order valence-corrected chi connectivity index (χ2v) is 6.83. The molecule has 0 atom stereocenters. The topological polar surface area (TPSA) is 58.2 Å². The molecule has 1 aromatic heterocycles. The molecule has 0 aliphatic rings. The van der Waals surface area contributed by atoms with Crippen LogP contribution < -0.4 is 10.6 Å². The Labute approximate surface area is 126 Å². The van der Waals surface area contributed by atoms with Gasteiger partial charge in [0.25, 0.3) is 5.91 Å². The zero-order valence-electron chi connectivity index (χ0n) is 12.1. The van der Waals surface area contributed by atoms with Crippen molar-refractivity contribution in [3.8, 4) is 0 Å². The maximum Gasteiger partial charge on any atom is 0.261 e. The highest BCUT2D eigenvalue weighted by molar-refractivity contribution is 7.20. The molecule has 0 radical (unpaired) electrons. The van der Waals surface area contributed by atoms with Gasteiger partial charge in [-0.15, -0.1) is 11.3 Å². The number of hydrogen-bond acceptors (Lipinski definition) is 3. The lowest BCUT2D eigenvalue weighted by Crippen LogP contribution is -2.45. The third kappa shape index (κ3) is 4.01. The zero-order chi connectivity index (χ0) is 15.6. The lowest BCUT2D eigenvalue weighted by molar-refractivity contribution is -0.121. The average molecular weight is 308 g/mol. The molecule has 0 fully saturated rings. The van der Waals surface area contributed by atoms with Crippen LogP contribution in [0.15, 0.2) is 24.3 Å². The minimum atomic E-state index is -0.375. The van der Waals surface area contributed by atoms with E-state index in [0.717, 1.165) is 0 Å². The van der Waals surface area contributed by atoms with Crippen molar-refractivity contribution in [1.29, 1.82) is 0 Å². The molecule has 6 heteroatoms. The van der Waals surface area contributed by atoms with Crippen LogP contribution in [0, 0.1) is 5.82 Å². The van der Waals surface area contributed by atoms with Gasteiger partial charge in [0, 0.05) is 15.6 Å². The van der Waals surface area contributed by atoms with Gasteiger partial charge in [0.2, 0.25) is 5.91 Å². The average Bonchev–Trinajstić information content (AvgIpc) is 2.79. The van der Waals surface area contributed by atoms with E-state index in [1.165, 1.54) is 23.5 Å². The van der Waals surface area contributed by atoms with E-state index in [4.69, 9.17) is 0 Å². The quantitative estimate of drug-likeness (QED) is 0.916. The molecule has 0 saturated carbocycles. The number of fused-ring (bicyclic) bond motifs is 1. The summed E-state index contributed by atoms with van der Waals surface area (Å²) in [4.78, 5) is 24.0. The van der Waals surface area contributed by atoms with Crippen LogP contribution in [-0.4, -0.2) is 23.9 Å². The molecular formula is C15H17FN2O2S. The number of hydrogen-bond donors (Lipinski definition) is 2. The smallest absolute Gasteiger partial charge is 0.261 e. The second kappa shape index (κ2) is 5.81. The van der Waals surface area contributed by atoms with Gasteiger partial charge in [-0.25, -0.2) is 4.39 Å². The number of amides is 2. The molecule has 0 unspecified atom stereocenters. The first-order valence-corrected chi connectivity index (χ1v) is 7.35. The molecule has 4 nitrogen and oxygen atoms in total. The van der Waals surface area contributed by atoms with Crippen LogP contribution in [0.1, 0.15) is 30.4 Å². The number of thiophene rings is 1. The second-order valence-electron chi connectivity index (χ2n) is 5.74. The molecular weight excluding hydrogens is 291 g/mol.